The second-order valence-electron chi connectivity index (χ2n) is 8.61. The molecule has 2 aromatic heterocycles. The first kappa shape index (κ1) is 24.3. The fourth-order valence-electron chi connectivity index (χ4n) is 4.26. The summed E-state index contributed by atoms with van der Waals surface area (Å²) in [6, 6.07) is 19.5. The number of benzene rings is 2. The highest BCUT2D eigenvalue weighted by Gasteiger charge is 2.28. The van der Waals surface area contributed by atoms with E-state index in [0.29, 0.717) is 34.7 Å². The molecule has 0 N–H and O–H groups in total. The van der Waals surface area contributed by atoms with Gasteiger partial charge in [-0.1, -0.05) is 52.8 Å². The lowest BCUT2D eigenvalue weighted by Gasteiger charge is -2.36. The Hall–Kier alpha value is -3.43. The zero-order valence-corrected chi connectivity index (χ0v) is 21.7. The van der Waals surface area contributed by atoms with Gasteiger partial charge in [0.15, 0.2) is 10.9 Å². The van der Waals surface area contributed by atoms with Crippen molar-refractivity contribution in [3.8, 4) is 5.69 Å². The first-order valence-electron chi connectivity index (χ1n) is 11.7. The topological polar surface area (TPSA) is 80.0 Å². The van der Waals surface area contributed by atoms with E-state index in [0.717, 1.165) is 41.5 Å². The molecule has 3 heterocycles. The Labute approximate surface area is 219 Å². The maximum atomic E-state index is 13.6. The van der Waals surface area contributed by atoms with Gasteiger partial charge in [0.1, 0.15) is 0 Å². The predicted octanol–water partition coefficient (Wildman–Crippen LogP) is 4.58. The van der Waals surface area contributed by atoms with Gasteiger partial charge in [0.2, 0.25) is 0 Å². The van der Waals surface area contributed by atoms with Crippen LogP contribution in [0.3, 0.4) is 0 Å². The molecule has 1 aliphatic heterocycles. The van der Waals surface area contributed by atoms with Crippen LogP contribution in [-0.4, -0.2) is 61.9 Å². The van der Waals surface area contributed by atoms with Crippen molar-refractivity contribution < 1.29 is 4.79 Å². The molecule has 2 aromatic carbocycles. The Morgan fingerprint density at radius 2 is 1.61 bits per heavy atom. The van der Waals surface area contributed by atoms with E-state index in [9.17, 15) is 4.79 Å². The summed E-state index contributed by atoms with van der Waals surface area (Å²) in [4.78, 5) is 26.8. The van der Waals surface area contributed by atoms with Gasteiger partial charge >= 0.3 is 0 Å². The molecule has 1 amide bonds. The number of hydrogen-bond donors (Lipinski definition) is 0. The van der Waals surface area contributed by atoms with E-state index >= 15 is 0 Å². The van der Waals surface area contributed by atoms with Gasteiger partial charge in [-0.15, -0.1) is 5.10 Å². The molecule has 5 rings (SSSR count). The number of rotatable bonds is 6. The Morgan fingerprint density at radius 3 is 2.31 bits per heavy atom. The van der Waals surface area contributed by atoms with Crippen molar-refractivity contribution in [1.82, 2.24) is 29.9 Å². The van der Waals surface area contributed by atoms with E-state index in [1.807, 2.05) is 79.4 Å². The van der Waals surface area contributed by atoms with E-state index in [2.05, 4.69) is 25.2 Å². The van der Waals surface area contributed by atoms with Crippen LogP contribution in [0.4, 0.5) is 5.69 Å². The summed E-state index contributed by atoms with van der Waals surface area (Å²) in [5.74, 6) is 0.355. The molecule has 0 atom stereocenters. The number of halogens is 1. The van der Waals surface area contributed by atoms with E-state index in [-0.39, 0.29) is 5.91 Å². The summed E-state index contributed by atoms with van der Waals surface area (Å²) >= 11 is 7.64. The summed E-state index contributed by atoms with van der Waals surface area (Å²) in [5.41, 5.74) is 4.84. The SMILES string of the molecule is Cc1cc(C)nc(SCc2c(C(=O)N3CCN(c4cccc(Cl)c4)CC3)nnn2-c2ccccc2)n1. The number of para-hydroxylation sites is 1. The van der Waals surface area contributed by atoms with Crippen LogP contribution in [0, 0.1) is 13.8 Å². The molecule has 8 nitrogen and oxygen atoms in total. The lowest BCUT2D eigenvalue weighted by atomic mass is 10.2. The normalized spacial score (nSPS) is 13.8. The average molecular weight is 520 g/mol. The van der Waals surface area contributed by atoms with Gasteiger partial charge in [0, 0.05) is 54.0 Å². The summed E-state index contributed by atoms with van der Waals surface area (Å²) in [6.45, 7) is 6.53. The van der Waals surface area contributed by atoms with E-state index < -0.39 is 0 Å². The molecule has 1 saturated heterocycles. The van der Waals surface area contributed by atoms with Crippen LogP contribution in [0.25, 0.3) is 5.69 Å². The number of thioether (sulfide) groups is 1. The van der Waals surface area contributed by atoms with Crippen LogP contribution in [0.2, 0.25) is 5.02 Å². The molecule has 0 bridgehead atoms. The lowest BCUT2D eigenvalue weighted by molar-refractivity contribution is 0.0740. The van der Waals surface area contributed by atoms with Crippen molar-refractivity contribution in [2.45, 2.75) is 24.8 Å². The average Bonchev–Trinajstić information content (AvgIpc) is 3.31. The fourth-order valence-corrected chi connectivity index (χ4v) is 5.38. The molecule has 0 saturated carbocycles. The van der Waals surface area contributed by atoms with Gasteiger partial charge in [-0.2, -0.15) is 0 Å². The number of nitrogens with zero attached hydrogens (tertiary/aromatic N) is 7. The molecule has 184 valence electrons. The molecule has 0 radical (unpaired) electrons. The highest BCUT2D eigenvalue weighted by molar-refractivity contribution is 7.98. The molecule has 0 unspecified atom stereocenters. The Kier molecular flexibility index (Phi) is 7.20. The molecule has 4 aromatic rings. The molecule has 0 spiro atoms. The van der Waals surface area contributed by atoms with Gasteiger partial charge < -0.3 is 9.80 Å². The highest BCUT2D eigenvalue weighted by Crippen LogP contribution is 2.26. The van der Waals surface area contributed by atoms with Crippen molar-refractivity contribution in [3.63, 3.8) is 0 Å². The Morgan fingerprint density at radius 1 is 0.917 bits per heavy atom. The second-order valence-corrected chi connectivity index (χ2v) is 9.99. The third-order valence-electron chi connectivity index (χ3n) is 6.01. The van der Waals surface area contributed by atoms with E-state index in [1.54, 1.807) is 4.68 Å². The number of aryl methyl sites for hydroxylation is 2. The number of amides is 1. The summed E-state index contributed by atoms with van der Waals surface area (Å²) in [6.07, 6.45) is 0. The van der Waals surface area contributed by atoms with Crippen molar-refractivity contribution >= 4 is 35.0 Å². The summed E-state index contributed by atoms with van der Waals surface area (Å²) in [7, 11) is 0. The molecule has 1 fully saturated rings. The molecule has 1 aliphatic rings. The second kappa shape index (κ2) is 10.7. The quantitative estimate of drug-likeness (QED) is 0.272. The van der Waals surface area contributed by atoms with Crippen LogP contribution in [0.15, 0.2) is 65.8 Å². The molecule has 36 heavy (non-hydrogen) atoms. The molecular weight excluding hydrogens is 494 g/mol. The maximum absolute atomic E-state index is 13.6. The van der Waals surface area contributed by atoms with Crippen LogP contribution >= 0.6 is 23.4 Å². The number of piperazine rings is 1. The van der Waals surface area contributed by atoms with Crippen molar-refractivity contribution in [3.05, 3.63) is 88.5 Å². The number of anilines is 1. The largest absolute Gasteiger partial charge is 0.368 e. The van der Waals surface area contributed by atoms with Gasteiger partial charge in [0.05, 0.1) is 11.4 Å². The molecule has 0 aliphatic carbocycles. The zero-order chi connectivity index (χ0) is 25.1. The third kappa shape index (κ3) is 5.37. The van der Waals surface area contributed by atoms with Gasteiger partial charge in [-0.25, -0.2) is 14.6 Å². The summed E-state index contributed by atoms with van der Waals surface area (Å²) < 4.78 is 1.74. The number of aromatic nitrogens is 5. The van der Waals surface area contributed by atoms with Crippen LogP contribution in [-0.2, 0) is 5.75 Å². The standard InChI is InChI=1S/C26H26ClN7OS/c1-18-15-19(2)29-26(28-18)36-17-23-24(30-31-34(23)21-8-4-3-5-9-21)25(35)33-13-11-32(12-14-33)22-10-6-7-20(27)16-22/h3-10,15-16H,11-14,17H2,1-2H3. The van der Waals surface area contributed by atoms with Crippen LogP contribution in [0.1, 0.15) is 27.6 Å². The first-order valence-corrected chi connectivity index (χ1v) is 13.1. The minimum Gasteiger partial charge on any atom is -0.368 e. The lowest BCUT2D eigenvalue weighted by Crippen LogP contribution is -2.49. The van der Waals surface area contributed by atoms with Crippen molar-refractivity contribution in [2.75, 3.05) is 31.1 Å². The van der Waals surface area contributed by atoms with Crippen molar-refractivity contribution in [2.24, 2.45) is 0 Å². The molecule has 10 heteroatoms. The highest BCUT2D eigenvalue weighted by atomic mass is 35.5. The Balaban J connectivity index is 1.37. The molecular formula is C26H26ClN7OS. The van der Waals surface area contributed by atoms with E-state index in [4.69, 9.17) is 11.6 Å². The Bertz CT molecular complexity index is 1350. The van der Waals surface area contributed by atoms with Gasteiger partial charge in [-0.3, -0.25) is 4.79 Å². The summed E-state index contributed by atoms with van der Waals surface area (Å²) in [5, 5.41) is 10.1. The van der Waals surface area contributed by atoms with Crippen LogP contribution in [0.5, 0.6) is 0 Å². The first-order chi connectivity index (χ1) is 17.5. The van der Waals surface area contributed by atoms with Crippen LogP contribution < -0.4 is 4.90 Å². The van der Waals surface area contributed by atoms with Gasteiger partial charge in [-0.05, 0) is 50.2 Å². The van der Waals surface area contributed by atoms with Crippen molar-refractivity contribution in [1.29, 1.82) is 0 Å². The predicted molar refractivity (Wildman–Crippen MR) is 142 cm³/mol. The monoisotopic (exact) mass is 519 g/mol. The maximum Gasteiger partial charge on any atom is 0.276 e. The van der Waals surface area contributed by atoms with Gasteiger partial charge in [0.25, 0.3) is 5.91 Å². The number of carbonyl (C=O) groups is 1. The van der Waals surface area contributed by atoms with E-state index in [1.165, 1.54) is 11.8 Å². The zero-order valence-electron chi connectivity index (χ0n) is 20.1. The smallest absolute Gasteiger partial charge is 0.276 e. The minimum atomic E-state index is -0.111. The number of carbonyl (C=O) groups excluding carboxylic acids is 1. The fraction of sp³-hybridized carbons (Fsp3) is 0.269. The minimum absolute atomic E-state index is 0.111. The third-order valence-corrected chi connectivity index (χ3v) is 7.10. The number of hydrogen-bond acceptors (Lipinski definition) is 7.